The van der Waals surface area contributed by atoms with E-state index in [0.29, 0.717) is 30.0 Å². The van der Waals surface area contributed by atoms with Crippen molar-refractivity contribution in [2.24, 2.45) is 0 Å². The van der Waals surface area contributed by atoms with Crippen LogP contribution < -0.4 is 19.1 Å². The molecule has 2 aromatic carbocycles. The first-order valence-corrected chi connectivity index (χ1v) is 13.0. The van der Waals surface area contributed by atoms with Crippen molar-refractivity contribution in [3.05, 3.63) is 53.1 Å². The van der Waals surface area contributed by atoms with Crippen molar-refractivity contribution in [3.63, 3.8) is 0 Å². The third-order valence-corrected chi connectivity index (χ3v) is 7.20. The van der Waals surface area contributed by atoms with E-state index in [1.54, 1.807) is 13.2 Å². The van der Waals surface area contributed by atoms with E-state index in [-0.39, 0.29) is 24.9 Å². The van der Waals surface area contributed by atoms with Crippen LogP contribution in [-0.2, 0) is 14.8 Å². The Bertz CT molecular complexity index is 1130. The molecule has 0 fully saturated rings. The van der Waals surface area contributed by atoms with Crippen LogP contribution in [0.15, 0.2) is 36.4 Å². The minimum absolute atomic E-state index is 0.117. The van der Waals surface area contributed by atoms with Crippen LogP contribution in [0.3, 0.4) is 0 Å². The maximum atomic E-state index is 12.8. The first kappa shape index (κ1) is 24.9. The number of sulfonamides is 1. The van der Waals surface area contributed by atoms with Gasteiger partial charge in [0.25, 0.3) is 0 Å². The Labute approximate surface area is 197 Å². The third kappa shape index (κ3) is 5.99. The number of hydrogen-bond acceptors (Lipinski definition) is 5. The molecule has 1 aliphatic heterocycles. The minimum atomic E-state index is -3.47. The van der Waals surface area contributed by atoms with Crippen LogP contribution in [0.5, 0.6) is 11.5 Å². The molecule has 0 radical (unpaired) electrons. The zero-order valence-corrected chi connectivity index (χ0v) is 21.1. The van der Waals surface area contributed by atoms with Crippen LogP contribution in [0.25, 0.3) is 0 Å². The highest BCUT2D eigenvalue weighted by Gasteiger charge is 2.34. The molecule has 0 saturated heterocycles. The number of methoxy groups -OCH3 is 1. The number of carbonyl (C=O) groups excluding carboxylic acids is 1. The standard InChI is InChI=1S/C25H34N2O5S/c1-17-9-7-10-22(18(17)2)27(33(6,29)30)14-8-11-24(28)26-21-16-25(3,4)32-23-15-19(31-5)12-13-20(21)23/h7,9-10,12-13,15,21H,8,11,14,16H2,1-6H3,(H,26,28)/t21-/m0/s1. The number of anilines is 1. The molecule has 0 bridgehead atoms. The second-order valence-electron chi connectivity index (χ2n) is 9.25. The van der Waals surface area contributed by atoms with E-state index in [1.165, 1.54) is 10.6 Å². The summed E-state index contributed by atoms with van der Waals surface area (Å²) in [6, 6.07) is 11.0. The summed E-state index contributed by atoms with van der Waals surface area (Å²) in [5.41, 5.74) is 3.08. The number of aryl methyl sites for hydroxylation is 1. The molecule has 0 spiro atoms. The predicted octanol–water partition coefficient (Wildman–Crippen LogP) is 4.28. The van der Waals surface area contributed by atoms with E-state index in [0.717, 1.165) is 16.7 Å². The average Bonchev–Trinajstić information content (AvgIpc) is 2.71. The Morgan fingerprint density at radius 2 is 1.97 bits per heavy atom. The molecular formula is C25H34N2O5S. The fourth-order valence-electron chi connectivity index (χ4n) is 4.21. The number of nitrogens with zero attached hydrogens (tertiary/aromatic N) is 1. The van der Waals surface area contributed by atoms with Gasteiger partial charge in [0.05, 0.1) is 25.1 Å². The van der Waals surface area contributed by atoms with Gasteiger partial charge in [-0.1, -0.05) is 12.1 Å². The molecule has 1 amide bonds. The average molecular weight is 475 g/mol. The van der Waals surface area contributed by atoms with E-state index < -0.39 is 15.6 Å². The fraction of sp³-hybridized carbons (Fsp3) is 0.480. The van der Waals surface area contributed by atoms with Gasteiger partial charge in [0.15, 0.2) is 0 Å². The monoisotopic (exact) mass is 474 g/mol. The highest BCUT2D eigenvalue weighted by molar-refractivity contribution is 7.92. The number of amides is 1. The van der Waals surface area contributed by atoms with Gasteiger partial charge in [0.2, 0.25) is 15.9 Å². The van der Waals surface area contributed by atoms with Gasteiger partial charge in [-0.2, -0.15) is 0 Å². The molecule has 7 nitrogen and oxygen atoms in total. The van der Waals surface area contributed by atoms with Gasteiger partial charge in [-0.15, -0.1) is 0 Å². The van der Waals surface area contributed by atoms with Gasteiger partial charge in [-0.25, -0.2) is 8.42 Å². The summed E-state index contributed by atoms with van der Waals surface area (Å²) >= 11 is 0. The zero-order valence-electron chi connectivity index (χ0n) is 20.3. The lowest BCUT2D eigenvalue weighted by Gasteiger charge is -2.38. The number of carbonyl (C=O) groups is 1. The van der Waals surface area contributed by atoms with Gasteiger partial charge in [0.1, 0.15) is 17.1 Å². The Balaban J connectivity index is 1.68. The number of rotatable bonds is 8. The van der Waals surface area contributed by atoms with Crippen molar-refractivity contribution in [3.8, 4) is 11.5 Å². The number of benzene rings is 2. The summed E-state index contributed by atoms with van der Waals surface area (Å²) < 4.78 is 37.7. The van der Waals surface area contributed by atoms with Crippen molar-refractivity contribution in [1.29, 1.82) is 0 Å². The number of nitrogens with one attached hydrogen (secondary N) is 1. The van der Waals surface area contributed by atoms with Crippen LogP contribution in [0.2, 0.25) is 0 Å². The van der Waals surface area contributed by atoms with Crippen LogP contribution in [0.4, 0.5) is 5.69 Å². The first-order valence-electron chi connectivity index (χ1n) is 11.1. The lowest BCUT2D eigenvalue weighted by atomic mass is 9.89. The molecule has 33 heavy (non-hydrogen) atoms. The number of ether oxygens (including phenoxy) is 2. The molecule has 8 heteroatoms. The molecule has 2 aromatic rings. The smallest absolute Gasteiger partial charge is 0.232 e. The highest BCUT2D eigenvalue weighted by atomic mass is 32.2. The van der Waals surface area contributed by atoms with E-state index in [1.807, 2.05) is 58.0 Å². The van der Waals surface area contributed by atoms with Crippen molar-refractivity contribution >= 4 is 21.6 Å². The summed E-state index contributed by atoms with van der Waals surface area (Å²) in [6.45, 7) is 8.08. The predicted molar refractivity (Wildman–Crippen MR) is 131 cm³/mol. The highest BCUT2D eigenvalue weighted by Crippen LogP contribution is 2.41. The van der Waals surface area contributed by atoms with Crippen LogP contribution in [0.1, 0.15) is 55.8 Å². The summed E-state index contributed by atoms with van der Waals surface area (Å²) in [5, 5.41) is 3.11. The van der Waals surface area contributed by atoms with Gasteiger partial charge >= 0.3 is 0 Å². The summed E-state index contributed by atoms with van der Waals surface area (Å²) in [5.74, 6) is 1.28. The van der Waals surface area contributed by atoms with Crippen LogP contribution in [0, 0.1) is 13.8 Å². The fourth-order valence-corrected chi connectivity index (χ4v) is 5.22. The molecule has 1 aliphatic rings. The van der Waals surface area contributed by atoms with Crippen LogP contribution in [-0.4, -0.2) is 39.8 Å². The minimum Gasteiger partial charge on any atom is -0.497 e. The van der Waals surface area contributed by atoms with E-state index in [2.05, 4.69) is 5.32 Å². The van der Waals surface area contributed by atoms with Crippen molar-refractivity contribution in [2.45, 2.75) is 58.6 Å². The van der Waals surface area contributed by atoms with Crippen molar-refractivity contribution < 1.29 is 22.7 Å². The number of fused-ring (bicyclic) bond motifs is 1. The maximum absolute atomic E-state index is 12.8. The Morgan fingerprint density at radius 1 is 1.24 bits per heavy atom. The Hall–Kier alpha value is -2.74. The van der Waals surface area contributed by atoms with Crippen LogP contribution >= 0.6 is 0 Å². The molecule has 1 atom stereocenters. The number of hydrogen-bond donors (Lipinski definition) is 1. The molecule has 0 unspecified atom stereocenters. The SMILES string of the molecule is COc1ccc2c(c1)OC(C)(C)C[C@@H]2NC(=O)CCCN(c1cccc(C)c1C)S(C)(=O)=O. The lowest BCUT2D eigenvalue weighted by Crippen LogP contribution is -2.41. The second-order valence-corrected chi connectivity index (χ2v) is 11.2. The molecule has 1 N–H and O–H groups in total. The molecule has 0 aromatic heterocycles. The normalized spacial score (nSPS) is 17.0. The summed E-state index contributed by atoms with van der Waals surface area (Å²) in [4.78, 5) is 12.8. The lowest BCUT2D eigenvalue weighted by molar-refractivity contribution is -0.122. The largest absolute Gasteiger partial charge is 0.497 e. The molecular weight excluding hydrogens is 440 g/mol. The van der Waals surface area contributed by atoms with Gasteiger partial charge in [-0.05, 0) is 63.4 Å². The van der Waals surface area contributed by atoms with Gasteiger partial charge in [-0.3, -0.25) is 9.10 Å². The third-order valence-electron chi connectivity index (χ3n) is 6.02. The summed E-state index contributed by atoms with van der Waals surface area (Å²) in [6.07, 6.45) is 2.47. The molecule has 180 valence electrons. The van der Waals surface area contributed by atoms with Crippen molar-refractivity contribution in [2.75, 3.05) is 24.2 Å². The van der Waals surface area contributed by atoms with E-state index in [4.69, 9.17) is 9.47 Å². The molecule has 0 saturated carbocycles. The molecule has 3 rings (SSSR count). The van der Waals surface area contributed by atoms with Crippen molar-refractivity contribution in [1.82, 2.24) is 5.32 Å². The zero-order chi connectivity index (χ0) is 24.4. The Kier molecular flexibility index (Phi) is 7.26. The maximum Gasteiger partial charge on any atom is 0.232 e. The van der Waals surface area contributed by atoms with Gasteiger partial charge in [0, 0.05) is 31.0 Å². The molecule has 1 heterocycles. The summed E-state index contributed by atoms with van der Waals surface area (Å²) in [7, 11) is -1.87. The Morgan fingerprint density at radius 3 is 2.64 bits per heavy atom. The molecule has 0 aliphatic carbocycles. The topological polar surface area (TPSA) is 84.9 Å². The second kappa shape index (κ2) is 9.63. The quantitative estimate of drug-likeness (QED) is 0.617. The van der Waals surface area contributed by atoms with E-state index >= 15 is 0 Å². The van der Waals surface area contributed by atoms with Gasteiger partial charge < -0.3 is 14.8 Å². The van der Waals surface area contributed by atoms with E-state index in [9.17, 15) is 13.2 Å². The first-order chi connectivity index (χ1) is 15.4.